The highest BCUT2D eigenvalue weighted by molar-refractivity contribution is 7.12. The number of rotatable bonds is 4. The molecule has 0 saturated heterocycles. The van der Waals surface area contributed by atoms with E-state index in [0.717, 1.165) is 10.8 Å². The molecule has 4 rings (SSSR count). The molecule has 0 saturated carbocycles. The Morgan fingerprint density at radius 2 is 1.63 bits per heavy atom. The first-order valence-corrected chi connectivity index (χ1v) is 9.75. The number of thiophene rings is 1. The molecule has 0 atom stereocenters. The Hall–Kier alpha value is -2.53. The molecule has 0 spiro atoms. The van der Waals surface area contributed by atoms with E-state index in [4.69, 9.17) is 27.9 Å². The van der Waals surface area contributed by atoms with Gasteiger partial charge in [0.15, 0.2) is 0 Å². The maximum Gasteiger partial charge on any atom is 0.265 e. The van der Waals surface area contributed by atoms with Crippen LogP contribution >= 0.6 is 34.5 Å². The second-order valence-corrected chi connectivity index (χ2v) is 7.53. The van der Waals surface area contributed by atoms with Crippen LogP contribution in [0.5, 0.6) is 11.5 Å². The SMILES string of the molecule is O=C(Nc1ccc(Oc2ccc(Cl)c3ccccc23)c(Cl)c1)c1cccs1. The zero-order valence-electron chi connectivity index (χ0n) is 13.9. The van der Waals surface area contributed by atoms with Crippen molar-refractivity contribution in [3.63, 3.8) is 0 Å². The highest BCUT2D eigenvalue weighted by Gasteiger charge is 2.11. The number of benzene rings is 3. The van der Waals surface area contributed by atoms with Gasteiger partial charge in [-0.2, -0.15) is 0 Å². The van der Waals surface area contributed by atoms with Gasteiger partial charge in [-0.25, -0.2) is 0 Å². The van der Waals surface area contributed by atoms with Crippen molar-refractivity contribution < 1.29 is 9.53 Å². The van der Waals surface area contributed by atoms with Gasteiger partial charge in [0.2, 0.25) is 0 Å². The number of ether oxygens (including phenoxy) is 1. The lowest BCUT2D eigenvalue weighted by Crippen LogP contribution is -2.09. The number of fused-ring (bicyclic) bond motifs is 1. The van der Waals surface area contributed by atoms with Gasteiger partial charge in [-0.05, 0) is 41.8 Å². The average molecular weight is 414 g/mol. The first-order chi connectivity index (χ1) is 13.1. The smallest absolute Gasteiger partial charge is 0.265 e. The lowest BCUT2D eigenvalue weighted by Gasteiger charge is -2.12. The van der Waals surface area contributed by atoms with Gasteiger partial charge >= 0.3 is 0 Å². The fraction of sp³-hybridized carbons (Fsp3) is 0. The Kier molecular flexibility index (Phi) is 5.03. The largest absolute Gasteiger partial charge is 0.455 e. The molecule has 0 radical (unpaired) electrons. The summed E-state index contributed by atoms with van der Waals surface area (Å²) in [6, 6.07) is 20.1. The summed E-state index contributed by atoms with van der Waals surface area (Å²) in [6.07, 6.45) is 0. The number of amides is 1. The molecule has 0 aliphatic rings. The number of halogens is 2. The van der Waals surface area contributed by atoms with Crippen LogP contribution in [-0.2, 0) is 0 Å². The summed E-state index contributed by atoms with van der Waals surface area (Å²) in [7, 11) is 0. The molecule has 1 aromatic heterocycles. The van der Waals surface area contributed by atoms with Crippen LogP contribution in [0.3, 0.4) is 0 Å². The van der Waals surface area contributed by atoms with Gasteiger partial charge in [0.1, 0.15) is 11.5 Å². The van der Waals surface area contributed by atoms with E-state index in [1.54, 1.807) is 30.3 Å². The molecular weight excluding hydrogens is 401 g/mol. The highest BCUT2D eigenvalue weighted by atomic mass is 35.5. The van der Waals surface area contributed by atoms with Gasteiger partial charge in [-0.1, -0.05) is 53.5 Å². The summed E-state index contributed by atoms with van der Waals surface area (Å²) in [5.74, 6) is 0.990. The highest BCUT2D eigenvalue weighted by Crippen LogP contribution is 2.37. The van der Waals surface area contributed by atoms with Crippen LogP contribution in [0, 0.1) is 0 Å². The van der Waals surface area contributed by atoms with Crippen molar-refractivity contribution in [2.75, 3.05) is 5.32 Å². The first kappa shape index (κ1) is 17.9. The lowest BCUT2D eigenvalue weighted by atomic mass is 10.1. The lowest BCUT2D eigenvalue weighted by molar-refractivity contribution is 0.103. The number of carbonyl (C=O) groups excluding carboxylic acids is 1. The van der Waals surface area contributed by atoms with Gasteiger partial charge in [-0.15, -0.1) is 11.3 Å². The Morgan fingerprint density at radius 1 is 0.852 bits per heavy atom. The predicted octanol–water partition coefficient (Wildman–Crippen LogP) is 7.25. The molecule has 0 unspecified atom stereocenters. The molecule has 0 aliphatic heterocycles. The normalized spacial score (nSPS) is 10.7. The zero-order chi connectivity index (χ0) is 18.8. The van der Waals surface area contributed by atoms with Crippen molar-refractivity contribution in [1.29, 1.82) is 0 Å². The van der Waals surface area contributed by atoms with E-state index in [1.165, 1.54) is 11.3 Å². The van der Waals surface area contributed by atoms with Gasteiger partial charge in [-0.3, -0.25) is 4.79 Å². The summed E-state index contributed by atoms with van der Waals surface area (Å²) in [5, 5.41) is 7.56. The summed E-state index contributed by atoms with van der Waals surface area (Å²) in [5.41, 5.74) is 0.603. The molecule has 27 heavy (non-hydrogen) atoms. The number of carbonyl (C=O) groups is 1. The minimum Gasteiger partial charge on any atom is -0.455 e. The Morgan fingerprint density at radius 3 is 2.37 bits per heavy atom. The molecular formula is C21H13Cl2NO2S. The minimum atomic E-state index is -0.168. The number of nitrogens with one attached hydrogen (secondary N) is 1. The van der Waals surface area contributed by atoms with Crippen LogP contribution in [0.25, 0.3) is 10.8 Å². The summed E-state index contributed by atoms with van der Waals surface area (Å²) >= 11 is 14.0. The van der Waals surface area contributed by atoms with E-state index in [0.29, 0.717) is 32.1 Å². The molecule has 1 N–H and O–H groups in total. The fourth-order valence-electron chi connectivity index (χ4n) is 2.70. The molecule has 3 nitrogen and oxygen atoms in total. The van der Waals surface area contributed by atoms with Gasteiger partial charge in [0.25, 0.3) is 5.91 Å². The van der Waals surface area contributed by atoms with Crippen molar-refractivity contribution >= 4 is 56.9 Å². The monoisotopic (exact) mass is 413 g/mol. The molecule has 134 valence electrons. The minimum absolute atomic E-state index is 0.168. The van der Waals surface area contributed by atoms with Gasteiger partial charge in [0.05, 0.1) is 9.90 Å². The molecule has 6 heteroatoms. The first-order valence-electron chi connectivity index (χ1n) is 8.11. The van der Waals surface area contributed by atoms with Crippen molar-refractivity contribution in [2.45, 2.75) is 0 Å². The van der Waals surface area contributed by atoms with Crippen LogP contribution < -0.4 is 10.1 Å². The summed E-state index contributed by atoms with van der Waals surface area (Å²) < 4.78 is 6.01. The zero-order valence-corrected chi connectivity index (χ0v) is 16.2. The molecule has 1 amide bonds. The number of hydrogen-bond acceptors (Lipinski definition) is 3. The van der Waals surface area contributed by atoms with E-state index in [1.807, 2.05) is 41.8 Å². The third-order valence-electron chi connectivity index (χ3n) is 3.99. The van der Waals surface area contributed by atoms with Gasteiger partial charge < -0.3 is 10.1 Å². The molecule has 4 aromatic rings. The molecule has 0 aliphatic carbocycles. The molecule has 0 fully saturated rings. The molecule has 0 bridgehead atoms. The standard InChI is InChI=1S/C21H13Cl2NO2S/c22-16-8-10-18(15-5-2-1-4-14(15)16)26-19-9-7-13(12-17(19)23)24-21(25)20-6-3-11-27-20/h1-12H,(H,24,25). The fourth-order valence-corrected chi connectivity index (χ4v) is 3.77. The van der Waals surface area contributed by atoms with E-state index >= 15 is 0 Å². The van der Waals surface area contributed by atoms with Crippen LogP contribution in [0.15, 0.2) is 72.1 Å². The maximum atomic E-state index is 12.2. The van der Waals surface area contributed by atoms with Crippen molar-refractivity contribution in [3.05, 3.63) is 87.0 Å². The Labute approximate surface area is 170 Å². The van der Waals surface area contributed by atoms with E-state index in [-0.39, 0.29) is 5.91 Å². The van der Waals surface area contributed by atoms with Crippen molar-refractivity contribution in [1.82, 2.24) is 0 Å². The van der Waals surface area contributed by atoms with E-state index in [2.05, 4.69) is 5.32 Å². The number of anilines is 1. The van der Waals surface area contributed by atoms with E-state index < -0.39 is 0 Å². The molecule has 3 aromatic carbocycles. The maximum absolute atomic E-state index is 12.2. The number of hydrogen-bond donors (Lipinski definition) is 1. The molecule has 1 heterocycles. The summed E-state index contributed by atoms with van der Waals surface area (Å²) in [4.78, 5) is 12.8. The average Bonchev–Trinajstić information content (AvgIpc) is 3.21. The van der Waals surface area contributed by atoms with Crippen LogP contribution in [0.1, 0.15) is 9.67 Å². The Bertz CT molecular complexity index is 1130. The van der Waals surface area contributed by atoms with Crippen molar-refractivity contribution in [2.24, 2.45) is 0 Å². The van der Waals surface area contributed by atoms with Crippen LogP contribution in [0.4, 0.5) is 5.69 Å². The topological polar surface area (TPSA) is 38.3 Å². The predicted molar refractivity (Wildman–Crippen MR) is 113 cm³/mol. The Balaban J connectivity index is 1.59. The van der Waals surface area contributed by atoms with Crippen LogP contribution in [0.2, 0.25) is 10.0 Å². The second-order valence-electron chi connectivity index (χ2n) is 5.77. The quantitative estimate of drug-likeness (QED) is 0.382. The third kappa shape index (κ3) is 3.78. The second kappa shape index (κ2) is 7.61. The van der Waals surface area contributed by atoms with Crippen molar-refractivity contribution in [3.8, 4) is 11.5 Å². The van der Waals surface area contributed by atoms with Crippen LogP contribution in [-0.4, -0.2) is 5.91 Å². The third-order valence-corrected chi connectivity index (χ3v) is 5.48. The van der Waals surface area contributed by atoms with E-state index in [9.17, 15) is 4.79 Å². The van der Waals surface area contributed by atoms with Gasteiger partial charge in [0, 0.05) is 21.5 Å². The summed E-state index contributed by atoms with van der Waals surface area (Å²) in [6.45, 7) is 0.